The van der Waals surface area contributed by atoms with E-state index >= 15 is 14.4 Å². The van der Waals surface area contributed by atoms with Crippen molar-refractivity contribution in [2.24, 2.45) is 0 Å². The number of carbonyl (C=O) groups excluding carboxylic acids is 20. The number of hydrogen-bond acceptors (Lipinski definition) is 45. The normalized spacial score (nSPS) is 25.0. The Hall–Kier alpha value is -11.7. The van der Waals surface area contributed by atoms with Crippen molar-refractivity contribution in [2.45, 2.75) is 266 Å². The lowest BCUT2D eigenvalue weighted by atomic mass is 9.98. The largest absolute Gasteiger partial charge is 0.463 e. The molecule has 0 aliphatic carbocycles. The fourth-order valence-electron chi connectivity index (χ4n) is 13.4. The van der Waals surface area contributed by atoms with Crippen molar-refractivity contribution < 1.29 is 214 Å². The Kier molecular flexibility index (Phi) is 45.1. The maximum Gasteiger partial charge on any atom is 0.306 e. The van der Waals surface area contributed by atoms with Gasteiger partial charge in [-0.3, -0.25) is 95.9 Å². The fraction of sp³-hybridized carbons (Fsp3) is 0.679. The van der Waals surface area contributed by atoms with E-state index in [1.165, 1.54) is 0 Å². The third kappa shape index (κ3) is 37.9. The van der Waals surface area contributed by atoms with Gasteiger partial charge in [0.15, 0.2) is 98.4 Å². The van der Waals surface area contributed by atoms with E-state index < -0.39 is 341 Å². The Labute approximate surface area is 739 Å². The van der Waals surface area contributed by atoms with E-state index in [1.807, 2.05) is 0 Å². The summed E-state index contributed by atoms with van der Waals surface area (Å²) < 4.78 is 142. The molecule has 0 bridgehead atoms. The van der Waals surface area contributed by atoms with Gasteiger partial charge in [0.05, 0.1) is 26.4 Å². The minimum absolute atomic E-state index is 0.0479. The zero-order valence-electron chi connectivity index (χ0n) is 74.1. The molecule has 1 aromatic carbocycles. The van der Waals surface area contributed by atoms with Crippen LogP contribution in [0.25, 0.3) is 0 Å². The van der Waals surface area contributed by atoms with Crippen LogP contribution in [0.2, 0.25) is 0 Å². The van der Waals surface area contributed by atoms with Crippen LogP contribution in [0.3, 0.4) is 0 Å². The number of unbranched alkanes of at least 4 members (excludes halogenated alkanes) is 1. The second kappa shape index (κ2) is 53.9. The van der Waals surface area contributed by atoms with Gasteiger partial charge in [0, 0.05) is 150 Å². The molecule has 4 fully saturated rings. The Balaban J connectivity index is 1.72. The van der Waals surface area contributed by atoms with Gasteiger partial charge in [0.2, 0.25) is 17.7 Å². The van der Waals surface area contributed by atoms with Crippen molar-refractivity contribution in [3.63, 3.8) is 0 Å². The minimum atomic E-state index is -1.90. The molecular weight excluding hydrogens is 1730 g/mol. The second-order valence-corrected chi connectivity index (χ2v) is 29.1. The molecule has 0 N–H and O–H groups in total. The summed E-state index contributed by atoms with van der Waals surface area (Å²) in [5.74, 6) is -19.6. The van der Waals surface area contributed by atoms with Gasteiger partial charge in [0.25, 0.3) is 0 Å². The van der Waals surface area contributed by atoms with E-state index in [4.69, 9.17) is 118 Å². The van der Waals surface area contributed by atoms with Crippen LogP contribution in [0.5, 0.6) is 0 Å². The quantitative estimate of drug-likeness (QED) is 0.0437. The van der Waals surface area contributed by atoms with E-state index in [1.54, 1.807) is 30.3 Å². The Morgan fingerprint density at radius 2 is 0.481 bits per heavy atom. The highest BCUT2D eigenvalue weighted by molar-refractivity contribution is 5.89. The maximum absolute atomic E-state index is 15.7. The van der Waals surface area contributed by atoms with E-state index in [9.17, 15) is 81.5 Å². The lowest BCUT2D eigenvalue weighted by Gasteiger charge is -2.44. The number of carbonyl (C=O) groups is 20. The summed E-state index contributed by atoms with van der Waals surface area (Å²) in [5, 5.41) is 0. The predicted octanol–water partition coefficient (Wildman–Crippen LogP) is -0.825. The van der Waals surface area contributed by atoms with E-state index in [2.05, 4.69) is 0 Å². The molecule has 3 amide bonds. The number of nitrogens with zero attached hydrogens (tertiary/aromatic N) is 3. The van der Waals surface area contributed by atoms with Gasteiger partial charge < -0.3 is 133 Å². The highest BCUT2D eigenvalue weighted by atomic mass is 16.8. The van der Waals surface area contributed by atoms with Gasteiger partial charge in [-0.25, -0.2) is 0 Å². The summed E-state index contributed by atoms with van der Waals surface area (Å²) in [6.45, 7) is 4.44. The lowest BCUT2D eigenvalue weighted by Crippen LogP contribution is -2.63. The lowest BCUT2D eigenvalue weighted by molar-refractivity contribution is -0.309. The summed E-state index contributed by atoms with van der Waals surface area (Å²) in [5.41, 5.74) is 0.646. The first-order chi connectivity index (χ1) is 60.8. The predicted molar refractivity (Wildman–Crippen MR) is 416 cm³/mol. The Morgan fingerprint density at radius 3 is 0.713 bits per heavy atom. The van der Waals surface area contributed by atoms with E-state index in [0.717, 1.165) is 125 Å². The number of hydrogen-bond donors (Lipinski definition) is 0. The van der Waals surface area contributed by atoms with E-state index in [0.29, 0.717) is 5.56 Å². The first-order valence-electron chi connectivity index (χ1n) is 40.5. The molecule has 20 atom stereocenters. The standard InChI is InChI=1S/C81H111N3O45/c1-41(85)109-37-58-66(114-45(5)89)70(118-49(9)93)74(122-53(13)97)78(126-58)105-30-26-82(27-31-106-79-75(123-54(14)98)71(119-50(10)94)67(115-46(6)90)59(127-79)38-110-42(2)86)63(102)34-84(62(101)24-20-21-25-65(104)113-36-57-22-18-17-19-23-57)35-64(103)83(28-32-107-80-76(124-55(15)99)72(120-51(11)95)68(116-47(7)91)60(128-80)39-111-43(3)87)29-33-108-81-77(125-56(16)100)73(121-52(12)96)69(117-48(8)92)61(129-81)40-112-44(4)88/h17-19,22-23,58-61,66-81H,20-21,24-40H2,1-16H3/t58-,59-,60-,61+,66-,67-,68-,69+,70+,71+,72+,73-,74+,75+,76+,77-,78+,79+,80+,81-/m0/s1. The molecule has 0 radical (unpaired) electrons. The smallest absolute Gasteiger partial charge is 0.306 e. The molecule has 4 heterocycles. The van der Waals surface area contributed by atoms with Crippen LogP contribution in [0.15, 0.2) is 30.3 Å². The van der Waals surface area contributed by atoms with Crippen molar-refractivity contribution in [2.75, 3.05) is 92.1 Å². The fourth-order valence-corrected chi connectivity index (χ4v) is 13.4. The number of benzene rings is 1. The average molecular weight is 1850 g/mol. The summed E-state index contributed by atoms with van der Waals surface area (Å²) >= 11 is 0. The van der Waals surface area contributed by atoms with Gasteiger partial charge in [0.1, 0.15) is 70.5 Å². The molecule has 48 heteroatoms. The summed E-state index contributed by atoms with van der Waals surface area (Å²) in [6.07, 6.45) is -36.1. The second-order valence-electron chi connectivity index (χ2n) is 29.1. The van der Waals surface area contributed by atoms with Crippen LogP contribution in [-0.4, -0.2) is 349 Å². The number of amides is 3. The molecule has 0 aromatic heterocycles. The van der Waals surface area contributed by atoms with Crippen LogP contribution in [0, 0.1) is 0 Å². The molecule has 4 aliphatic heterocycles. The maximum atomic E-state index is 15.7. The van der Waals surface area contributed by atoms with Crippen LogP contribution >= 0.6 is 0 Å². The third-order valence-electron chi connectivity index (χ3n) is 18.3. The minimum Gasteiger partial charge on any atom is -0.463 e. The van der Waals surface area contributed by atoms with Crippen molar-refractivity contribution >= 4 is 119 Å². The summed E-state index contributed by atoms with van der Waals surface area (Å²) in [4.78, 5) is 265. The first kappa shape index (κ1) is 108. The zero-order valence-corrected chi connectivity index (χ0v) is 74.1. The summed E-state index contributed by atoms with van der Waals surface area (Å²) in [7, 11) is 0. The highest BCUT2D eigenvalue weighted by Gasteiger charge is 2.58. The summed E-state index contributed by atoms with van der Waals surface area (Å²) in [6, 6.07) is 8.60. The number of esters is 17. The zero-order chi connectivity index (χ0) is 96.1. The molecule has 0 saturated carbocycles. The molecule has 48 nitrogen and oxygen atoms in total. The molecule has 720 valence electrons. The monoisotopic (exact) mass is 1850 g/mol. The SMILES string of the molecule is CC(=O)OC[C@@H]1O[C@@H](OCCN(CCO[C@H]2O[C@H](COC(C)=O)[C@@H](OC(C)=O)[C@H](OC(C)=O)[C@@H]2OC(C)=O)C(=O)CN(CC(=O)N(CCO[C@@H]2O[C@@H](COC(C)=O)[C@H](OC(C)=O)[C@@H](OC(C)=O)[C@H]2OC(C)=O)CCO[C@@H]2O[C@@H](COC(C)=O)[C@H](OC(C)=O)[C@@H](OC(C)=O)[C@H]2OC(C)=O)C(=O)CCCCC(=O)OCc2ccccc2)[C@H](OC(C)=O)[C@H](OC(C)=O)[C@H]1OC(C)=O. The van der Waals surface area contributed by atoms with Gasteiger partial charge in [-0.2, -0.15) is 0 Å². The molecule has 5 rings (SSSR count). The van der Waals surface area contributed by atoms with Gasteiger partial charge in [-0.05, 0) is 18.4 Å². The molecule has 1 aromatic rings. The topological polar surface area (TPSA) is 582 Å². The molecule has 0 unspecified atom stereocenters. The van der Waals surface area contributed by atoms with E-state index in [-0.39, 0.29) is 25.9 Å². The number of ether oxygens (including phenoxy) is 25. The van der Waals surface area contributed by atoms with Gasteiger partial charge in [-0.1, -0.05) is 30.3 Å². The van der Waals surface area contributed by atoms with Crippen molar-refractivity contribution in [3.05, 3.63) is 35.9 Å². The average Bonchev–Trinajstić information content (AvgIpc) is 0.800. The van der Waals surface area contributed by atoms with Crippen LogP contribution < -0.4 is 0 Å². The first-order valence-corrected chi connectivity index (χ1v) is 40.5. The van der Waals surface area contributed by atoms with Crippen LogP contribution in [-0.2, 0) is 221 Å². The molecule has 0 spiro atoms. The third-order valence-corrected chi connectivity index (χ3v) is 18.3. The van der Waals surface area contributed by atoms with Crippen molar-refractivity contribution in [1.82, 2.24) is 14.7 Å². The van der Waals surface area contributed by atoms with Gasteiger partial charge in [-0.15, -0.1) is 0 Å². The van der Waals surface area contributed by atoms with Gasteiger partial charge >= 0.3 is 101 Å². The van der Waals surface area contributed by atoms with Crippen molar-refractivity contribution in [3.8, 4) is 0 Å². The van der Waals surface area contributed by atoms with Crippen molar-refractivity contribution in [1.29, 1.82) is 0 Å². The highest BCUT2D eigenvalue weighted by Crippen LogP contribution is 2.35. The van der Waals surface area contributed by atoms with Crippen LogP contribution in [0.1, 0.15) is 142 Å². The molecular formula is C81H111N3O45. The number of rotatable bonds is 47. The molecule has 129 heavy (non-hydrogen) atoms. The molecule has 4 aliphatic rings. The Bertz CT molecular complexity index is 3640. The molecule has 4 saturated heterocycles. The van der Waals surface area contributed by atoms with Crippen LogP contribution in [0.4, 0.5) is 0 Å². The Morgan fingerprint density at radius 1 is 0.256 bits per heavy atom.